The lowest BCUT2D eigenvalue weighted by atomic mass is 10.1. The third-order valence-corrected chi connectivity index (χ3v) is 3.72. The van der Waals surface area contributed by atoms with Gasteiger partial charge in [0.2, 0.25) is 0 Å². The Balaban J connectivity index is 1.42. The van der Waals surface area contributed by atoms with E-state index in [9.17, 15) is 0 Å². The van der Waals surface area contributed by atoms with Crippen molar-refractivity contribution in [1.82, 2.24) is 5.32 Å². The summed E-state index contributed by atoms with van der Waals surface area (Å²) < 4.78 is 11.7. The molecule has 2 N–H and O–H groups in total. The Kier molecular flexibility index (Phi) is 4.20. The topological polar surface area (TPSA) is 42.5 Å². The van der Waals surface area contributed by atoms with Gasteiger partial charge in [0.1, 0.15) is 11.9 Å². The highest BCUT2D eigenvalue weighted by Gasteiger charge is 2.19. The Labute approximate surface area is 114 Å². The third kappa shape index (κ3) is 3.39. The van der Waals surface area contributed by atoms with Crippen LogP contribution in [0.2, 0.25) is 0 Å². The molecule has 2 aliphatic heterocycles. The molecular formula is C15H22N2O2. The fourth-order valence-electron chi connectivity index (χ4n) is 2.65. The van der Waals surface area contributed by atoms with Gasteiger partial charge in [-0.1, -0.05) is 12.1 Å². The minimum absolute atomic E-state index is 0.193. The van der Waals surface area contributed by atoms with Gasteiger partial charge in [-0.25, -0.2) is 0 Å². The van der Waals surface area contributed by atoms with Crippen molar-refractivity contribution in [3.63, 3.8) is 0 Å². The molecule has 1 saturated heterocycles. The summed E-state index contributed by atoms with van der Waals surface area (Å²) in [5.74, 6) is 0.953. The molecule has 2 aliphatic rings. The maximum Gasteiger partial charge on any atom is 0.142 e. The van der Waals surface area contributed by atoms with Gasteiger partial charge in [0.25, 0.3) is 0 Å². The van der Waals surface area contributed by atoms with Gasteiger partial charge < -0.3 is 20.1 Å². The highest BCUT2D eigenvalue weighted by Crippen LogP contribution is 2.27. The Morgan fingerprint density at radius 1 is 1.16 bits per heavy atom. The average Bonchev–Trinajstić information content (AvgIpc) is 2.48. The van der Waals surface area contributed by atoms with E-state index >= 15 is 0 Å². The van der Waals surface area contributed by atoms with Crippen molar-refractivity contribution in [2.75, 3.05) is 31.6 Å². The zero-order chi connectivity index (χ0) is 12.9. The van der Waals surface area contributed by atoms with Crippen molar-refractivity contribution in [2.45, 2.75) is 31.5 Å². The van der Waals surface area contributed by atoms with Crippen LogP contribution in [0.25, 0.3) is 0 Å². The molecule has 0 spiro atoms. The highest BCUT2D eigenvalue weighted by molar-refractivity contribution is 5.57. The Bertz CT molecular complexity index is 405. The van der Waals surface area contributed by atoms with Gasteiger partial charge in [-0.15, -0.1) is 0 Å². The van der Waals surface area contributed by atoms with Crippen LogP contribution in [0.15, 0.2) is 24.3 Å². The number of para-hydroxylation sites is 2. The molecule has 4 heteroatoms. The van der Waals surface area contributed by atoms with Crippen molar-refractivity contribution < 1.29 is 9.47 Å². The van der Waals surface area contributed by atoms with Crippen LogP contribution in [0, 0.1) is 0 Å². The molecule has 3 rings (SSSR count). The predicted molar refractivity (Wildman–Crippen MR) is 75.8 cm³/mol. The molecule has 1 aromatic rings. The van der Waals surface area contributed by atoms with E-state index in [-0.39, 0.29) is 6.10 Å². The molecule has 0 aliphatic carbocycles. The molecule has 19 heavy (non-hydrogen) atoms. The Morgan fingerprint density at radius 3 is 2.95 bits per heavy atom. The number of anilines is 1. The van der Waals surface area contributed by atoms with Crippen LogP contribution < -0.4 is 15.4 Å². The van der Waals surface area contributed by atoms with Crippen LogP contribution in [0.1, 0.15) is 19.3 Å². The van der Waals surface area contributed by atoms with Gasteiger partial charge >= 0.3 is 0 Å². The van der Waals surface area contributed by atoms with Gasteiger partial charge in [0, 0.05) is 19.7 Å². The fraction of sp³-hybridized carbons (Fsp3) is 0.600. The minimum Gasteiger partial charge on any atom is -0.485 e. The molecule has 0 radical (unpaired) electrons. The lowest BCUT2D eigenvalue weighted by Crippen LogP contribution is -2.42. The summed E-state index contributed by atoms with van der Waals surface area (Å²) in [6.45, 7) is 3.57. The first-order valence-electron chi connectivity index (χ1n) is 7.24. The van der Waals surface area contributed by atoms with E-state index in [1.807, 2.05) is 18.2 Å². The molecule has 2 unspecified atom stereocenters. The van der Waals surface area contributed by atoms with E-state index in [2.05, 4.69) is 16.7 Å². The maximum absolute atomic E-state index is 5.96. The molecule has 2 heterocycles. The lowest BCUT2D eigenvalue weighted by molar-refractivity contribution is 0.0157. The van der Waals surface area contributed by atoms with E-state index < -0.39 is 0 Å². The zero-order valence-electron chi connectivity index (χ0n) is 11.2. The first-order valence-corrected chi connectivity index (χ1v) is 7.24. The van der Waals surface area contributed by atoms with E-state index in [0.29, 0.717) is 6.10 Å². The quantitative estimate of drug-likeness (QED) is 0.871. The fourth-order valence-corrected chi connectivity index (χ4v) is 2.65. The monoisotopic (exact) mass is 262 g/mol. The predicted octanol–water partition coefficient (Wildman–Crippen LogP) is 2.02. The Hall–Kier alpha value is -1.26. The van der Waals surface area contributed by atoms with Crippen LogP contribution in [-0.4, -0.2) is 38.4 Å². The first kappa shape index (κ1) is 12.8. The number of rotatable bonds is 4. The number of nitrogens with one attached hydrogen (secondary N) is 2. The van der Waals surface area contributed by atoms with Gasteiger partial charge in [0.15, 0.2) is 0 Å². The molecule has 4 nitrogen and oxygen atoms in total. The van der Waals surface area contributed by atoms with Crippen molar-refractivity contribution in [1.29, 1.82) is 0 Å². The SMILES string of the molecule is c1ccc2c(c1)NCC(CNCC1CCCCO1)O2. The maximum atomic E-state index is 5.96. The number of hydrogen-bond donors (Lipinski definition) is 2. The van der Waals surface area contributed by atoms with Crippen LogP contribution >= 0.6 is 0 Å². The summed E-state index contributed by atoms with van der Waals surface area (Å²) in [6.07, 6.45) is 4.26. The van der Waals surface area contributed by atoms with Crippen molar-refractivity contribution in [2.24, 2.45) is 0 Å². The van der Waals surface area contributed by atoms with E-state index in [0.717, 1.165) is 37.7 Å². The zero-order valence-corrected chi connectivity index (χ0v) is 11.2. The molecule has 0 amide bonds. The van der Waals surface area contributed by atoms with Gasteiger partial charge in [-0.05, 0) is 31.4 Å². The molecule has 1 fully saturated rings. The second-order valence-corrected chi connectivity index (χ2v) is 5.26. The van der Waals surface area contributed by atoms with Crippen LogP contribution in [0.5, 0.6) is 5.75 Å². The summed E-state index contributed by atoms with van der Waals surface area (Å²) in [6, 6.07) is 8.09. The van der Waals surface area contributed by atoms with Crippen LogP contribution in [0.4, 0.5) is 5.69 Å². The van der Waals surface area contributed by atoms with Crippen molar-refractivity contribution >= 4 is 5.69 Å². The summed E-state index contributed by atoms with van der Waals surface area (Å²) in [5.41, 5.74) is 1.09. The van der Waals surface area contributed by atoms with E-state index in [1.54, 1.807) is 0 Å². The molecule has 1 aromatic carbocycles. The summed E-state index contributed by atoms with van der Waals surface area (Å²) >= 11 is 0. The van der Waals surface area contributed by atoms with Gasteiger partial charge in [0.05, 0.1) is 18.3 Å². The van der Waals surface area contributed by atoms with E-state index in [1.165, 1.54) is 19.3 Å². The second kappa shape index (κ2) is 6.26. The minimum atomic E-state index is 0.193. The van der Waals surface area contributed by atoms with Gasteiger partial charge in [-0.3, -0.25) is 0 Å². The average molecular weight is 262 g/mol. The van der Waals surface area contributed by atoms with Crippen LogP contribution in [0.3, 0.4) is 0 Å². The second-order valence-electron chi connectivity index (χ2n) is 5.26. The number of ether oxygens (including phenoxy) is 2. The first-order chi connectivity index (χ1) is 9.42. The molecule has 104 valence electrons. The number of fused-ring (bicyclic) bond motifs is 1. The summed E-state index contributed by atoms with van der Waals surface area (Å²) in [4.78, 5) is 0. The lowest BCUT2D eigenvalue weighted by Gasteiger charge is -2.28. The van der Waals surface area contributed by atoms with Gasteiger partial charge in [-0.2, -0.15) is 0 Å². The smallest absolute Gasteiger partial charge is 0.142 e. The van der Waals surface area contributed by atoms with Crippen molar-refractivity contribution in [3.05, 3.63) is 24.3 Å². The molecule has 2 atom stereocenters. The van der Waals surface area contributed by atoms with E-state index in [4.69, 9.17) is 9.47 Å². The molecule has 0 bridgehead atoms. The summed E-state index contributed by atoms with van der Waals surface area (Å²) in [7, 11) is 0. The number of hydrogen-bond acceptors (Lipinski definition) is 4. The molecular weight excluding hydrogens is 240 g/mol. The Morgan fingerprint density at radius 2 is 2.05 bits per heavy atom. The van der Waals surface area contributed by atoms with Crippen molar-refractivity contribution in [3.8, 4) is 5.75 Å². The standard InChI is InChI=1S/C15H22N2O2/c1-2-7-15-14(6-1)17-11-13(19-15)10-16-9-12-5-3-4-8-18-12/h1-2,6-7,12-13,16-17H,3-5,8-11H2. The number of benzene rings is 1. The molecule has 0 saturated carbocycles. The highest BCUT2D eigenvalue weighted by atomic mass is 16.5. The normalized spacial score (nSPS) is 26.1. The molecule has 0 aromatic heterocycles. The van der Waals surface area contributed by atoms with Crippen LogP contribution in [-0.2, 0) is 4.74 Å². The third-order valence-electron chi connectivity index (χ3n) is 3.72. The summed E-state index contributed by atoms with van der Waals surface area (Å²) in [5, 5.41) is 6.87. The largest absolute Gasteiger partial charge is 0.485 e.